The average molecular weight is 331 g/mol. The Bertz CT molecular complexity index is 631. The van der Waals surface area contributed by atoms with Crippen LogP contribution in [0.3, 0.4) is 0 Å². The highest BCUT2D eigenvalue weighted by Crippen LogP contribution is 2.28. The fourth-order valence-corrected chi connectivity index (χ4v) is 2.83. The number of thioether (sulfide) groups is 1. The molecule has 0 aliphatic rings. The molecule has 0 atom stereocenters. The van der Waals surface area contributed by atoms with Crippen LogP contribution >= 0.6 is 11.8 Å². The highest BCUT2D eigenvalue weighted by atomic mass is 32.2. The third-order valence-corrected chi connectivity index (χ3v) is 4.14. The largest absolute Gasteiger partial charge is 0.493 e. The first kappa shape index (κ1) is 17.2. The molecule has 0 unspecified atom stereocenters. The minimum atomic E-state index is -0.111. The summed E-state index contributed by atoms with van der Waals surface area (Å²) in [5.74, 6) is 1.92. The fraction of sp³-hybridized carbons (Fsp3) is 0.278. The summed E-state index contributed by atoms with van der Waals surface area (Å²) in [6.07, 6.45) is 0. The van der Waals surface area contributed by atoms with Gasteiger partial charge in [0.15, 0.2) is 11.5 Å². The summed E-state index contributed by atoms with van der Waals surface area (Å²) in [7, 11) is 1.57. The van der Waals surface area contributed by atoms with E-state index in [0.29, 0.717) is 30.2 Å². The lowest BCUT2D eigenvalue weighted by atomic mass is 10.2. The van der Waals surface area contributed by atoms with Crippen LogP contribution in [-0.4, -0.2) is 31.9 Å². The van der Waals surface area contributed by atoms with Crippen LogP contribution in [0, 0.1) is 0 Å². The van der Waals surface area contributed by atoms with E-state index in [4.69, 9.17) is 9.47 Å². The lowest BCUT2D eigenvalue weighted by molar-refractivity contribution is 0.0955. The molecule has 0 spiro atoms. The summed E-state index contributed by atoms with van der Waals surface area (Å²) in [5.41, 5.74) is 0.565. The first-order valence-electron chi connectivity index (χ1n) is 7.51. The number of hydrogen-bond acceptors (Lipinski definition) is 4. The van der Waals surface area contributed by atoms with Gasteiger partial charge in [0.05, 0.1) is 13.7 Å². The molecule has 1 N–H and O–H groups in total. The van der Waals surface area contributed by atoms with Crippen LogP contribution in [0.2, 0.25) is 0 Å². The molecule has 0 fully saturated rings. The summed E-state index contributed by atoms with van der Waals surface area (Å²) < 4.78 is 10.7. The van der Waals surface area contributed by atoms with Crippen molar-refractivity contribution in [1.29, 1.82) is 0 Å². The maximum atomic E-state index is 12.2. The maximum Gasteiger partial charge on any atom is 0.251 e. The van der Waals surface area contributed by atoms with Gasteiger partial charge in [-0.2, -0.15) is 0 Å². The van der Waals surface area contributed by atoms with Crippen molar-refractivity contribution < 1.29 is 14.3 Å². The molecule has 23 heavy (non-hydrogen) atoms. The fourth-order valence-electron chi connectivity index (χ4n) is 2.04. The Morgan fingerprint density at radius 3 is 2.61 bits per heavy atom. The van der Waals surface area contributed by atoms with Crippen LogP contribution in [0.25, 0.3) is 0 Å². The molecule has 0 heterocycles. The van der Waals surface area contributed by atoms with E-state index in [0.717, 1.165) is 5.75 Å². The number of rotatable bonds is 8. The molecule has 0 bridgehead atoms. The molecule has 1 amide bonds. The Morgan fingerprint density at radius 2 is 1.91 bits per heavy atom. The van der Waals surface area contributed by atoms with Gasteiger partial charge in [-0.05, 0) is 37.3 Å². The van der Waals surface area contributed by atoms with E-state index >= 15 is 0 Å². The highest BCUT2D eigenvalue weighted by Gasteiger charge is 2.10. The molecular weight excluding hydrogens is 310 g/mol. The van der Waals surface area contributed by atoms with E-state index in [-0.39, 0.29) is 5.91 Å². The predicted molar refractivity (Wildman–Crippen MR) is 93.7 cm³/mol. The second-order valence-corrected chi connectivity index (χ2v) is 5.88. The molecule has 2 rings (SSSR count). The van der Waals surface area contributed by atoms with Crippen molar-refractivity contribution in [3.63, 3.8) is 0 Å². The molecule has 0 saturated carbocycles. The van der Waals surface area contributed by atoms with Gasteiger partial charge in [0.1, 0.15) is 0 Å². The second kappa shape index (κ2) is 9.10. The van der Waals surface area contributed by atoms with Crippen molar-refractivity contribution in [2.24, 2.45) is 0 Å². The number of ether oxygens (including phenoxy) is 2. The van der Waals surface area contributed by atoms with Crippen molar-refractivity contribution in [3.05, 3.63) is 54.1 Å². The van der Waals surface area contributed by atoms with Crippen molar-refractivity contribution >= 4 is 17.7 Å². The summed E-state index contributed by atoms with van der Waals surface area (Å²) in [5, 5.41) is 2.92. The van der Waals surface area contributed by atoms with E-state index in [1.165, 1.54) is 4.90 Å². The van der Waals surface area contributed by atoms with E-state index in [1.807, 2.05) is 25.1 Å². The molecule has 0 aromatic heterocycles. The van der Waals surface area contributed by atoms with Crippen LogP contribution in [0.5, 0.6) is 11.5 Å². The molecule has 0 saturated heterocycles. The number of hydrogen-bond donors (Lipinski definition) is 1. The Hall–Kier alpha value is -2.14. The Kier molecular flexibility index (Phi) is 6.81. The first-order valence-corrected chi connectivity index (χ1v) is 8.50. The Balaban J connectivity index is 1.85. The number of carbonyl (C=O) groups is 1. The Labute approximate surface area is 141 Å². The molecule has 2 aromatic rings. The Morgan fingerprint density at radius 1 is 1.13 bits per heavy atom. The molecule has 4 nitrogen and oxygen atoms in total. The molecule has 5 heteroatoms. The quantitative estimate of drug-likeness (QED) is 0.593. The standard InChI is InChI=1S/C18H21NO3S/c1-3-22-16-10-9-14(13-17(16)21-2)18(20)19-11-12-23-15-7-5-4-6-8-15/h4-10,13H,3,11-12H2,1-2H3,(H,19,20). The van der Waals surface area contributed by atoms with Gasteiger partial charge in [0.25, 0.3) is 5.91 Å². The summed E-state index contributed by atoms with van der Waals surface area (Å²) in [4.78, 5) is 13.4. The van der Waals surface area contributed by atoms with Gasteiger partial charge in [-0.3, -0.25) is 4.79 Å². The van der Waals surface area contributed by atoms with Gasteiger partial charge in [-0.15, -0.1) is 11.8 Å². The summed E-state index contributed by atoms with van der Waals surface area (Å²) in [6.45, 7) is 3.07. The van der Waals surface area contributed by atoms with Crippen molar-refractivity contribution in [2.75, 3.05) is 26.0 Å². The number of nitrogens with one attached hydrogen (secondary N) is 1. The number of carbonyl (C=O) groups excluding carboxylic acids is 1. The van der Waals surface area contributed by atoms with E-state index in [9.17, 15) is 4.79 Å². The molecule has 0 radical (unpaired) electrons. The summed E-state index contributed by atoms with van der Waals surface area (Å²) in [6, 6.07) is 15.3. The van der Waals surface area contributed by atoms with E-state index in [1.54, 1.807) is 37.1 Å². The molecule has 0 aliphatic carbocycles. The van der Waals surface area contributed by atoms with Gasteiger partial charge in [0, 0.05) is 22.8 Å². The van der Waals surface area contributed by atoms with Gasteiger partial charge >= 0.3 is 0 Å². The van der Waals surface area contributed by atoms with Gasteiger partial charge in [0.2, 0.25) is 0 Å². The van der Waals surface area contributed by atoms with E-state index < -0.39 is 0 Å². The van der Waals surface area contributed by atoms with Crippen LogP contribution in [0.4, 0.5) is 0 Å². The third kappa shape index (κ3) is 5.21. The second-order valence-electron chi connectivity index (χ2n) is 4.72. The van der Waals surface area contributed by atoms with Crippen LogP contribution in [-0.2, 0) is 0 Å². The number of methoxy groups -OCH3 is 1. The van der Waals surface area contributed by atoms with Crippen molar-refractivity contribution in [2.45, 2.75) is 11.8 Å². The zero-order valence-corrected chi connectivity index (χ0v) is 14.2. The molecule has 2 aromatic carbocycles. The van der Waals surface area contributed by atoms with Gasteiger partial charge < -0.3 is 14.8 Å². The van der Waals surface area contributed by atoms with Crippen molar-refractivity contribution in [3.8, 4) is 11.5 Å². The predicted octanol–water partition coefficient (Wildman–Crippen LogP) is 3.62. The normalized spacial score (nSPS) is 10.2. The number of amides is 1. The van der Waals surface area contributed by atoms with Crippen LogP contribution < -0.4 is 14.8 Å². The lowest BCUT2D eigenvalue weighted by Gasteiger charge is -2.11. The van der Waals surface area contributed by atoms with Crippen molar-refractivity contribution in [1.82, 2.24) is 5.32 Å². The maximum absolute atomic E-state index is 12.2. The zero-order chi connectivity index (χ0) is 16.5. The minimum absolute atomic E-state index is 0.111. The smallest absolute Gasteiger partial charge is 0.251 e. The van der Waals surface area contributed by atoms with E-state index in [2.05, 4.69) is 17.4 Å². The van der Waals surface area contributed by atoms with Crippen LogP contribution in [0.15, 0.2) is 53.4 Å². The average Bonchev–Trinajstić information content (AvgIpc) is 2.60. The zero-order valence-electron chi connectivity index (χ0n) is 13.4. The number of benzene rings is 2. The van der Waals surface area contributed by atoms with Crippen LogP contribution in [0.1, 0.15) is 17.3 Å². The minimum Gasteiger partial charge on any atom is -0.493 e. The topological polar surface area (TPSA) is 47.6 Å². The molecule has 0 aliphatic heterocycles. The molecular formula is C18H21NO3S. The first-order chi connectivity index (χ1) is 11.2. The summed E-state index contributed by atoms with van der Waals surface area (Å²) >= 11 is 1.71. The van der Waals surface area contributed by atoms with Gasteiger partial charge in [-0.25, -0.2) is 0 Å². The third-order valence-electron chi connectivity index (χ3n) is 3.13. The lowest BCUT2D eigenvalue weighted by Crippen LogP contribution is -2.25. The monoisotopic (exact) mass is 331 g/mol. The highest BCUT2D eigenvalue weighted by molar-refractivity contribution is 7.99. The van der Waals surface area contributed by atoms with Gasteiger partial charge in [-0.1, -0.05) is 18.2 Å². The SMILES string of the molecule is CCOc1ccc(C(=O)NCCSc2ccccc2)cc1OC. The molecule has 122 valence electrons.